The molecule has 0 saturated carbocycles. The van der Waals surface area contributed by atoms with Gasteiger partial charge in [0.1, 0.15) is 5.56 Å². The van der Waals surface area contributed by atoms with E-state index in [2.05, 4.69) is 5.32 Å². The maximum Gasteiger partial charge on any atom is 0.351 e. The summed E-state index contributed by atoms with van der Waals surface area (Å²) in [5.41, 5.74) is 2.02. The third-order valence-electron chi connectivity index (χ3n) is 5.22. The second-order valence-corrected chi connectivity index (χ2v) is 7.89. The largest absolute Gasteiger partial charge is 0.493 e. The van der Waals surface area contributed by atoms with Gasteiger partial charge >= 0.3 is 11.6 Å². The van der Waals surface area contributed by atoms with Crippen LogP contribution in [-0.4, -0.2) is 19.0 Å². The highest BCUT2D eigenvalue weighted by molar-refractivity contribution is 5.99. The third-order valence-corrected chi connectivity index (χ3v) is 5.22. The SMILES string of the molecule is COc1cccc2cc(C(=O)OC(C(=O)Nc3cc(C)cc(C)c3)c3ccccc3)c(=O)oc12. The quantitative estimate of drug-likeness (QED) is 0.325. The van der Waals surface area contributed by atoms with Crippen LogP contribution in [0.15, 0.2) is 82.0 Å². The average Bonchev–Trinajstić information content (AvgIpc) is 2.81. The van der Waals surface area contributed by atoms with E-state index in [9.17, 15) is 14.4 Å². The number of anilines is 1. The van der Waals surface area contributed by atoms with Crippen LogP contribution in [0, 0.1) is 13.8 Å². The number of carbonyl (C=O) groups excluding carboxylic acids is 2. The Morgan fingerprint density at radius 2 is 1.62 bits per heavy atom. The number of aryl methyl sites for hydroxylation is 2. The molecule has 0 bridgehead atoms. The highest BCUT2D eigenvalue weighted by atomic mass is 16.5. The van der Waals surface area contributed by atoms with Gasteiger partial charge in [-0.15, -0.1) is 0 Å². The fourth-order valence-electron chi connectivity index (χ4n) is 3.75. The number of benzene rings is 3. The molecule has 0 aliphatic carbocycles. The van der Waals surface area contributed by atoms with Gasteiger partial charge in [-0.05, 0) is 49.2 Å². The van der Waals surface area contributed by atoms with E-state index in [0.717, 1.165) is 11.1 Å². The maximum absolute atomic E-state index is 13.2. The number of methoxy groups -OCH3 is 1. The van der Waals surface area contributed by atoms with Crippen LogP contribution >= 0.6 is 0 Å². The van der Waals surface area contributed by atoms with Gasteiger partial charge in [-0.1, -0.05) is 48.5 Å². The number of amides is 1. The van der Waals surface area contributed by atoms with E-state index in [1.54, 1.807) is 48.5 Å². The molecule has 0 aliphatic rings. The molecule has 1 atom stereocenters. The van der Waals surface area contributed by atoms with Gasteiger partial charge in [-0.25, -0.2) is 9.59 Å². The van der Waals surface area contributed by atoms with Crippen molar-refractivity contribution in [2.24, 2.45) is 0 Å². The monoisotopic (exact) mass is 457 g/mol. The molecule has 4 rings (SSSR count). The lowest BCUT2D eigenvalue weighted by atomic mass is 10.1. The summed E-state index contributed by atoms with van der Waals surface area (Å²) in [5, 5.41) is 3.29. The first-order chi connectivity index (χ1) is 16.4. The highest BCUT2D eigenvalue weighted by Crippen LogP contribution is 2.26. The van der Waals surface area contributed by atoms with Crippen molar-refractivity contribution in [1.29, 1.82) is 0 Å². The Hall–Kier alpha value is -4.39. The molecule has 1 aromatic heterocycles. The number of para-hydroxylation sites is 1. The van der Waals surface area contributed by atoms with Crippen LogP contribution in [0.3, 0.4) is 0 Å². The Bertz CT molecular complexity index is 1400. The smallest absolute Gasteiger partial charge is 0.351 e. The van der Waals surface area contributed by atoms with Crippen LogP contribution < -0.4 is 15.7 Å². The van der Waals surface area contributed by atoms with Crippen molar-refractivity contribution in [1.82, 2.24) is 0 Å². The lowest BCUT2D eigenvalue weighted by molar-refractivity contribution is -0.125. The van der Waals surface area contributed by atoms with Crippen molar-refractivity contribution >= 4 is 28.5 Å². The van der Waals surface area contributed by atoms with Crippen molar-refractivity contribution in [2.45, 2.75) is 20.0 Å². The zero-order valence-corrected chi connectivity index (χ0v) is 19.0. The van der Waals surface area contributed by atoms with E-state index >= 15 is 0 Å². The van der Waals surface area contributed by atoms with Gasteiger partial charge in [0.2, 0.25) is 6.10 Å². The normalized spacial score (nSPS) is 11.6. The summed E-state index contributed by atoms with van der Waals surface area (Å²) in [6.07, 6.45) is -1.28. The maximum atomic E-state index is 13.2. The first-order valence-electron chi connectivity index (χ1n) is 10.6. The first kappa shape index (κ1) is 22.8. The zero-order chi connectivity index (χ0) is 24.2. The standard InChI is InChI=1S/C27H23NO6/c1-16-12-17(2)14-20(13-16)28-25(29)24(18-8-5-4-6-9-18)34-27(31)21-15-19-10-7-11-22(32-3)23(19)33-26(21)30/h4-15,24H,1-3H3,(H,28,29). The molecule has 1 amide bonds. The number of hydrogen-bond acceptors (Lipinski definition) is 6. The van der Waals surface area contributed by atoms with Gasteiger partial charge in [-0.2, -0.15) is 0 Å². The highest BCUT2D eigenvalue weighted by Gasteiger charge is 2.28. The van der Waals surface area contributed by atoms with Gasteiger partial charge < -0.3 is 19.2 Å². The van der Waals surface area contributed by atoms with Crippen LogP contribution in [0.25, 0.3) is 11.0 Å². The molecular weight excluding hydrogens is 434 g/mol. The van der Waals surface area contributed by atoms with E-state index in [1.807, 2.05) is 32.0 Å². The Kier molecular flexibility index (Phi) is 6.45. The van der Waals surface area contributed by atoms with Crippen molar-refractivity contribution in [3.8, 4) is 5.75 Å². The number of carbonyl (C=O) groups is 2. The summed E-state index contributed by atoms with van der Waals surface area (Å²) < 4.78 is 16.1. The molecular formula is C27H23NO6. The Morgan fingerprint density at radius 3 is 2.29 bits per heavy atom. The topological polar surface area (TPSA) is 94.8 Å². The number of rotatable bonds is 6. The molecule has 1 N–H and O–H groups in total. The predicted molar refractivity (Wildman–Crippen MR) is 128 cm³/mol. The Balaban J connectivity index is 1.67. The third kappa shape index (κ3) is 4.83. The number of nitrogens with one attached hydrogen (secondary N) is 1. The number of esters is 1. The molecule has 4 aromatic rings. The minimum Gasteiger partial charge on any atom is -0.493 e. The van der Waals surface area contributed by atoms with Gasteiger partial charge in [0, 0.05) is 16.6 Å². The lowest BCUT2D eigenvalue weighted by Gasteiger charge is -2.18. The molecule has 172 valence electrons. The molecule has 1 unspecified atom stereocenters. The van der Waals surface area contributed by atoms with Crippen LogP contribution in [0.2, 0.25) is 0 Å². The van der Waals surface area contributed by atoms with Crippen molar-refractivity contribution in [3.63, 3.8) is 0 Å². The van der Waals surface area contributed by atoms with Gasteiger partial charge in [0.05, 0.1) is 7.11 Å². The minimum absolute atomic E-state index is 0.221. The summed E-state index contributed by atoms with van der Waals surface area (Å²) >= 11 is 0. The van der Waals surface area contributed by atoms with E-state index in [1.165, 1.54) is 13.2 Å². The van der Waals surface area contributed by atoms with Crippen molar-refractivity contribution < 1.29 is 23.5 Å². The fourth-order valence-corrected chi connectivity index (χ4v) is 3.75. The van der Waals surface area contributed by atoms with E-state index in [-0.39, 0.29) is 11.1 Å². The molecule has 0 radical (unpaired) electrons. The molecule has 0 spiro atoms. The molecule has 0 aliphatic heterocycles. The average molecular weight is 457 g/mol. The predicted octanol–water partition coefficient (Wildman–Crippen LogP) is 4.96. The molecule has 7 heteroatoms. The van der Waals surface area contributed by atoms with Crippen LogP contribution in [0.1, 0.15) is 33.2 Å². The Morgan fingerprint density at radius 1 is 0.912 bits per heavy atom. The van der Waals surface area contributed by atoms with E-state index in [4.69, 9.17) is 13.9 Å². The molecule has 3 aromatic carbocycles. The summed E-state index contributed by atoms with van der Waals surface area (Å²) in [6.45, 7) is 3.84. The van der Waals surface area contributed by atoms with Gasteiger partial charge in [0.25, 0.3) is 5.91 Å². The first-order valence-corrected chi connectivity index (χ1v) is 10.6. The van der Waals surface area contributed by atoms with Crippen LogP contribution in [0.4, 0.5) is 5.69 Å². The minimum atomic E-state index is -1.28. The van der Waals surface area contributed by atoms with E-state index < -0.39 is 23.6 Å². The van der Waals surface area contributed by atoms with Crippen LogP contribution in [-0.2, 0) is 9.53 Å². The molecule has 0 saturated heterocycles. The summed E-state index contributed by atoms with van der Waals surface area (Å²) in [7, 11) is 1.45. The molecule has 7 nitrogen and oxygen atoms in total. The van der Waals surface area contributed by atoms with Gasteiger partial charge in [-0.3, -0.25) is 4.79 Å². The number of fused-ring (bicyclic) bond motifs is 1. The van der Waals surface area contributed by atoms with Gasteiger partial charge in [0.15, 0.2) is 11.3 Å². The fraction of sp³-hybridized carbons (Fsp3) is 0.148. The van der Waals surface area contributed by atoms with Crippen molar-refractivity contribution in [3.05, 3.63) is 105 Å². The number of hydrogen-bond donors (Lipinski definition) is 1. The number of ether oxygens (including phenoxy) is 2. The molecule has 34 heavy (non-hydrogen) atoms. The molecule has 1 heterocycles. The second kappa shape index (κ2) is 9.62. The summed E-state index contributed by atoms with van der Waals surface area (Å²) in [6, 6.07) is 20.6. The van der Waals surface area contributed by atoms with Crippen molar-refractivity contribution in [2.75, 3.05) is 12.4 Å². The summed E-state index contributed by atoms with van der Waals surface area (Å²) in [5.74, 6) is -1.15. The zero-order valence-electron chi connectivity index (χ0n) is 19.0. The lowest BCUT2D eigenvalue weighted by Crippen LogP contribution is -2.27. The van der Waals surface area contributed by atoms with E-state index in [0.29, 0.717) is 22.4 Å². The van der Waals surface area contributed by atoms with Crippen LogP contribution in [0.5, 0.6) is 5.75 Å². The second-order valence-electron chi connectivity index (χ2n) is 7.89. The molecule has 0 fully saturated rings. The Labute approximate surface area is 195 Å². The summed E-state index contributed by atoms with van der Waals surface area (Å²) in [4.78, 5) is 38.8.